The van der Waals surface area contributed by atoms with Gasteiger partial charge in [-0.15, -0.1) is 18.3 Å². The highest BCUT2D eigenvalue weighted by atomic mass is 32.2. The van der Waals surface area contributed by atoms with Crippen LogP contribution in [-0.2, 0) is 10.0 Å². The Morgan fingerprint density at radius 2 is 2.28 bits per heavy atom. The molecule has 0 aliphatic rings. The molecule has 0 radical (unpaired) electrons. The minimum absolute atomic E-state index is 0.0741. The molecule has 0 spiro atoms. The SMILES string of the molecule is C=CC(C)NS(=O)(=O)CCSc1cccc(N)c1. The number of thioether (sulfide) groups is 1. The van der Waals surface area contributed by atoms with E-state index in [2.05, 4.69) is 11.3 Å². The predicted octanol–water partition coefficient (Wildman–Crippen LogP) is 1.85. The fraction of sp³-hybridized carbons (Fsp3) is 0.333. The van der Waals surface area contributed by atoms with Gasteiger partial charge in [0.25, 0.3) is 0 Å². The van der Waals surface area contributed by atoms with Crippen LogP contribution >= 0.6 is 11.8 Å². The average molecular weight is 286 g/mol. The molecule has 1 rings (SSSR count). The van der Waals surface area contributed by atoms with Gasteiger partial charge in [0.2, 0.25) is 10.0 Å². The second kappa shape index (κ2) is 6.82. The van der Waals surface area contributed by atoms with E-state index < -0.39 is 10.0 Å². The van der Waals surface area contributed by atoms with Crippen molar-refractivity contribution >= 4 is 27.5 Å². The summed E-state index contributed by atoms with van der Waals surface area (Å²) >= 11 is 1.47. The molecule has 18 heavy (non-hydrogen) atoms. The number of hydrogen-bond donors (Lipinski definition) is 2. The topological polar surface area (TPSA) is 72.2 Å². The van der Waals surface area contributed by atoms with E-state index in [0.717, 1.165) is 4.90 Å². The Morgan fingerprint density at radius 1 is 1.56 bits per heavy atom. The van der Waals surface area contributed by atoms with Crippen LogP contribution in [0.25, 0.3) is 0 Å². The first kappa shape index (κ1) is 15.1. The summed E-state index contributed by atoms with van der Waals surface area (Å²) in [5.41, 5.74) is 6.33. The first-order valence-corrected chi connectivity index (χ1v) is 8.17. The van der Waals surface area contributed by atoms with Crippen molar-refractivity contribution in [3.8, 4) is 0 Å². The van der Waals surface area contributed by atoms with E-state index >= 15 is 0 Å². The maximum absolute atomic E-state index is 11.7. The molecule has 0 aliphatic heterocycles. The van der Waals surface area contributed by atoms with E-state index in [-0.39, 0.29) is 11.8 Å². The van der Waals surface area contributed by atoms with Crippen molar-refractivity contribution in [3.05, 3.63) is 36.9 Å². The Labute approximate surface area is 113 Å². The minimum Gasteiger partial charge on any atom is -0.399 e. The summed E-state index contributed by atoms with van der Waals surface area (Å²) in [6.45, 7) is 5.28. The van der Waals surface area contributed by atoms with E-state index in [1.165, 1.54) is 11.8 Å². The molecule has 0 fully saturated rings. The number of benzene rings is 1. The van der Waals surface area contributed by atoms with Crippen molar-refractivity contribution < 1.29 is 8.42 Å². The van der Waals surface area contributed by atoms with Crippen LogP contribution in [0.1, 0.15) is 6.92 Å². The molecule has 4 nitrogen and oxygen atoms in total. The van der Waals surface area contributed by atoms with Gasteiger partial charge >= 0.3 is 0 Å². The summed E-state index contributed by atoms with van der Waals surface area (Å²) in [5.74, 6) is 0.563. The fourth-order valence-electron chi connectivity index (χ4n) is 1.26. The highest BCUT2D eigenvalue weighted by molar-refractivity contribution is 8.00. The maximum Gasteiger partial charge on any atom is 0.212 e. The highest BCUT2D eigenvalue weighted by Crippen LogP contribution is 2.20. The molecule has 6 heteroatoms. The Bertz CT molecular complexity index is 501. The zero-order chi connectivity index (χ0) is 13.6. The van der Waals surface area contributed by atoms with Crippen LogP contribution in [0, 0.1) is 0 Å². The largest absolute Gasteiger partial charge is 0.399 e. The summed E-state index contributed by atoms with van der Waals surface area (Å²) < 4.78 is 25.8. The highest BCUT2D eigenvalue weighted by Gasteiger charge is 2.12. The standard InChI is InChI=1S/C12H18N2O2S2/c1-3-10(2)14-18(15,16)8-7-17-12-6-4-5-11(13)9-12/h3-6,9-10,14H,1,7-8,13H2,2H3. The molecule has 1 atom stereocenters. The molecule has 1 unspecified atom stereocenters. The summed E-state index contributed by atoms with van der Waals surface area (Å²) in [4.78, 5) is 0.974. The molecule has 1 aromatic rings. The minimum atomic E-state index is -3.25. The molecule has 0 heterocycles. The summed E-state index contributed by atoms with van der Waals surface area (Å²) in [6.07, 6.45) is 1.56. The van der Waals surface area contributed by atoms with Crippen molar-refractivity contribution in [2.45, 2.75) is 17.9 Å². The molecule has 0 aliphatic carbocycles. The van der Waals surface area contributed by atoms with Crippen LogP contribution in [0.3, 0.4) is 0 Å². The Kier molecular flexibility index (Phi) is 5.71. The van der Waals surface area contributed by atoms with Crippen molar-refractivity contribution in [2.24, 2.45) is 0 Å². The molecule has 0 aromatic heterocycles. The first-order chi connectivity index (χ1) is 8.43. The van der Waals surface area contributed by atoms with Gasteiger partial charge in [-0.1, -0.05) is 12.1 Å². The van der Waals surface area contributed by atoms with E-state index in [4.69, 9.17) is 5.73 Å². The zero-order valence-corrected chi connectivity index (χ0v) is 11.9. The van der Waals surface area contributed by atoms with Crippen LogP contribution < -0.4 is 10.5 Å². The number of anilines is 1. The van der Waals surface area contributed by atoms with Crippen LogP contribution in [0.2, 0.25) is 0 Å². The lowest BCUT2D eigenvalue weighted by molar-refractivity contribution is 0.578. The molecule has 100 valence electrons. The van der Waals surface area contributed by atoms with Crippen LogP contribution in [-0.4, -0.2) is 26.0 Å². The molecule has 0 bridgehead atoms. The normalized spacial score (nSPS) is 13.2. The van der Waals surface area contributed by atoms with Gasteiger partial charge in [0.15, 0.2) is 0 Å². The molecule has 0 amide bonds. The Hall–Kier alpha value is -0.980. The number of nitrogens with two attached hydrogens (primary N) is 1. The third-order valence-corrected chi connectivity index (χ3v) is 4.92. The number of nitrogens with one attached hydrogen (secondary N) is 1. The Morgan fingerprint density at radius 3 is 2.89 bits per heavy atom. The van der Waals surface area contributed by atoms with Crippen molar-refractivity contribution in [2.75, 3.05) is 17.2 Å². The van der Waals surface area contributed by atoms with Gasteiger partial charge in [0, 0.05) is 22.4 Å². The van der Waals surface area contributed by atoms with Crippen molar-refractivity contribution in [1.82, 2.24) is 4.72 Å². The second-order valence-electron chi connectivity index (χ2n) is 3.88. The third kappa shape index (κ3) is 5.57. The molecule has 1 aromatic carbocycles. The number of nitrogen functional groups attached to an aromatic ring is 1. The van der Waals surface area contributed by atoms with Gasteiger partial charge < -0.3 is 5.73 Å². The van der Waals surface area contributed by atoms with E-state index in [0.29, 0.717) is 11.4 Å². The van der Waals surface area contributed by atoms with E-state index in [9.17, 15) is 8.42 Å². The molecule has 0 saturated carbocycles. The van der Waals surface area contributed by atoms with Gasteiger partial charge in [0.1, 0.15) is 0 Å². The monoisotopic (exact) mass is 286 g/mol. The molecule has 3 N–H and O–H groups in total. The lowest BCUT2D eigenvalue weighted by atomic mass is 10.3. The third-order valence-electron chi connectivity index (χ3n) is 2.20. The number of rotatable bonds is 7. The summed E-state index contributed by atoms with van der Waals surface area (Å²) in [6, 6.07) is 7.15. The van der Waals surface area contributed by atoms with Gasteiger partial charge in [-0.25, -0.2) is 13.1 Å². The number of sulfonamides is 1. The van der Waals surface area contributed by atoms with Gasteiger partial charge in [-0.3, -0.25) is 0 Å². The van der Waals surface area contributed by atoms with E-state index in [1.807, 2.05) is 18.2 Å². The quantitative estimate of drug-likeness (QED) is 0.456. The number of hydrogen-bond acceptors (Lipinski definition) is 4. The van der Waals surface area contributed by atoms with Gasteiger partial charge in [-0.2, -0.15) is 0 Å². The maximum atomic E-state index is 11.7. The first-order valence-electron chi connectivity index (χ1n) is 5.54. The Balaban J connectivity index is 2.44. The van der Waals surface area contributed by atoms with Crippen molar-refractivity contribution in [3.63, 3.8) is 0 Å². The molecular formula is C12H18N2O2S2. The van der Waals surface area contributed by atoms with Crippen molar-refractivity contribution in [1.29, 1.82) is 0 Å². The smallest absolute Gasteiger partial charge is 0.212 e. The van der Waals surface area contributed by atoms with Crippen LogP contribution in [0.5, 0.6) is 0 Å². The lowest BCUT2D eigenvalue weighted by Crippen LogP contribution is -2.33. The fourth-order valence-corrected chi connectivity index (χ4v) is 3.89. The summed E-state index contributed by atoms with van der Waals surface area (Å²) in [7, 11) is -3.25. The zero-order valence-electron chi connectivity index (χ0n) is 10.3. The van der Waals surface area contributed by atoms with Crippen LogP contribution in [0.4, 0.5) is 5.69 Å². The predicted molar refractivity (Wildman–Crippen MR) is 78.2 cm³/mol. The second-order valence-corrected chi connectivity index (χ2v) is 6.92. The van der Waals surface area contributed by atoms with Gasteiger partial charge in [-0.05, 0) is 25.1 Å². The molecular weight excluding hydrogens is 268 g/mol. The molecule has 0 saturated heterocycles. The summed E-state index contributed by atoms with van der Waals surface area (Å²) in [5, 5.41) is 0. The average Bonchev–Trinajstić information content (AvgIpc) is 2.28. The van der Waals surface area contributed by atoms with Crippen LogP contribution in [0.15, 0.2) is 41.8 Å². The van der Waals surface area contributed by atoms with Gasteiger partial charge in [0.05, 0.1) is 5.75 Å². The van der Waals surface area contributed by atoms with E-state index in [1.54, 1.807) is 19.1 Å². The lowest BCUT2D eigenvalue weighted by Gasteiger charge is -2.09.